The minimum Gasteiger partial charge on any atom is -0.337 e. The van der Waals surface area contributed by atoms with Crippen molar-refractivity contribution < 1.29 is 0 Å². The molecule has 0 amide bonds. The molecule has 0 saturated carbocycles. The summed E-state index contributed by atoms with van der Waals surface area (Å²) in [5.41, 5.74) is 8.70. The Labute approximate surface area is 121 Å². The molecule has 4 heteroatoms. The number of aryl methyl sites for hydroxylation is 1. The highest BCUT2D eigenvalue weighted by atomic mass is 15.3. The maximum absolute atomic E-state index is 5.92. The monoisotopic (exact) mass is 274 g/mol. The molecule has 2 N–H and O–H groups in total. The summed E-state index contributed by atoms with van der Waals surface area (Å²) < 4.78 is 0. The molecular weight excluding hydrogens is 248 g/mol. The molecule has 1 aromatic heterocycles. The third-order valence-electron chi connectivity index (χ3n) is 4.90. The molecule has 1 aliphatic carbocycles. The molecule has 1 aliphatic heterocycles. The molecule has 1 unspecified atom stereocenters. The molecule has 110 valence electrons. The number of aromatic nitrogens is 2. The van der Waals surface area contributed by atoms with Crippen molar-refractivity contribution in [3.63, 3.8) is 0 Å². The molecule has 0 aromatic carbocycles. The fourth-order valence-corrected chi connectivity index (χ4v) is 3.65. The van der Waals surface area contributed by atoms with Gasteiger partial charge in [-0.2, -0.15) is 0 Å². The Hall–Kier alpha value is -1.16. The molecule has 3 rings (SSSR count). The molecule has 1 saturated heterocycles. The number of fused-ring (bicyclic) bond motifs is 1. The van der Waals surface area contributed by atoms with Gasteiger partial charge in [0.15, 0.2) is 0 Å². The van der Waals surface area contributed by atoms with Crippen molar-refractivity contribution in [3.8, 4) is 0 Å². The molecule has 0 radical (unpaired) electrons. The Morgan fingerprint density at radius 2 is 2.20 bits per heavy atom. The van der Waals surface area contributed by atoms with E-state index < -0.39 is 0 Å². The Morgan fingerprint density at radius 3 is 3.00 bits per heavy atom. The maximum Gasteiger partial charge on any atom is 0.225 e. The third-order valence-corrected chi connectivity index (χ3v) is 4.90. The molecule has 1 fully saturated rings. The highest BCUT2D eigenvalue weighted by Crippen LogP contribution is 2.36. The second-order valence-corrected chi connectivity index (χ2v) is 6.86. The van der Waals surface area contributed by atoms with Gasteiger partial charge in [-0.15, -0.1) is 0 Å². The first-order valence-corrected chi connectivity index (χ1v) is 7.95. The fraction of sp³-hybridized carbons (Fsp3) is 0.750. The van der Waals surface area contributed by atoms with Crippen molar-refractivity contribution in [2.45, 2.75) is 63.8 Å². The molecule has 4 nitrogen and oxygen atoms in total. The SMILES string of the molecule is CC1(C)CCCc2cnc(N3CCCCC3CN)nc21. The summed E-state index contributed by atoms with van der Waals surface area (Å²) in [6.07, 6.45) is 9.31. The van der Waals surface area contributed by atoms with E-state index in [1.54, 1.807) is 0 Å². The summed E-state index contributed by atoms with van der Waals surface area (Å²) >= 11 is 0. The van der Waals surface area contributed by atoms with E-state index in [9.17, 15) is 0 Å². The summed E-state index contributed by atoms with van der Waals surface area (Å²) in [5, 5.41) is 0. The lowest BCUT2D eigenvalue weighted by Crippen LogP contribution is -2.45. The van der Waals surface area contributed by atoms with Gasteiger partial charge in [-0.25, -0.2) is 9.97 Å². The lowest BCUT2D eigenvalue weighted by molar-refractivity contribution is 0.411. The second-order valence-electron chi connectivity index (χ2n) is 6.86. The van der Waals surface area contributed by atoms with Gasteiger partial charge in [0.1, 0.15) is 0 Å². The van der Waals surface area contributed by atoms with Gasteiger partial charge < -0.3 is 10.6 Å². The zero-order valence-corrected chi connectivity index (χ0v) is 12.7. The first-order valence-electron chi connectivity index (χ1n) is 7.95. The molecule has 2 aliphatic rings. The van der Waals surface area contributed by atoms with Crippen LogP contribution in [0.2, 0.25) is 0 Å². The molecule has 1 aromatic rings. The van der Waals surface area contributed by atoms with Gasteiger partial charge in [0.2, 0.25) is 5.95 Å². The van der Waals surface area contributed by atoms with Gasteiger partial charge in [0.05, 0.1) is 5.69 Å². The highest BCUT2D eigenvalue weighted by Gasteiger charge is 2.31. The van der Waals surface area contributed by atoms with Crippen molar-refractivity contribution in [2.24, 2.45) is 5.73 Å². The van der Waals surface area contributed by atoms with Gasteiger partial charge in [0.25, 0.3) is 0 Å². The van der Waals surface area contributed by atoms with Crippen LogP contribution >= 0.6 is 0 Å². The average molecular weight is 274 g/mol. The van der Waals surface area contributed by atoms with E-state index in [2.05, 4.69) is 29.9 Å². The van der Waals surface area contributed by atoms with E-state index in [4.69, 9.17) is 10.7 Å². The number of nitrogens with zero attached hydrogens (tertiary/aromatic N) is 3. The van der Waals surface area contributed by atoms with Crippen LogP contribution in [-0.2, 0) is 11.8 Å². The average Bonchev–Trinajstić information content (AvgIpc) is 2.47. The fourth-order valence-electron chi connectivity index (χ4n) is 3.65. The van der Waals surface area contributed by atoms with Crippen molar-refractivity contribution in [1.82, 2.24) is 9.97 Å². The summed E-state index contributed by atoms with van der Waals surface area (Å²) in [6, 6.07) is 0.411. The quantitative estimate of drug-likeness (QED) is 0.900. The molecule has 0 bridgehead atoms. The first kappa shape index (κ1) is 13.8. The predicted molar refractivity (Wildman–Crippen MR) is 82.0 cm³/mol. The van der Waals surface area contributed by atoms with Crippen molar-refractivity contribution in [2.75, 3.05) is 18.0 Å². The van der Waals surface area contributed by atoms with Crippen LogP contribution in [0, 0.1) is 0 Å². The lowest BCUT2D eigenvalue weighted by atomic mass is 9.76. The zero-order chi connectivity index (χ0) is 14.2. The van der Waals surface area contributed by atoms with Crippen LogP contribution < -0.4 is 10.6 Å². The molecule has 20 heavy (non-hydrogen) atoms. The number of nitrogens with two attached hydrogens (primary N) is 1. The van der Waals surface area contributed by atoms with Crippen molar-refractivity contribution in [3.05, 3.63) is 17.5 Å². The Kier molecular flexibility index (Phi) is 3.67. The summed E-state index contributed by atoms with van der Waals surface area (Å²) in [4.78, 5) is 11.9. The van der Waals surface area contributed by atoms with Gasteiger partial charge in [0, 0.05) is 30.7 Å². The Morgan fingerprint density at radius 1 is 1.35 bits per heavy atom. The largest absolute Gasteiger partial charge is 0.337 e. The minimum atomic E-state index is 0.180. The van der Waals surface area contributed by atoms with Gasteiger partial charge in [-0.3, -0.25) is 0 Å². The van der Waals surface area contributed by atoms with Crippen molar-refractivity contribution in [1.29, 1.82) is 0 Å². The molecular formula is C16H26N4. The van der Waals surface area contributed by atoms with Crippen LogP contribution in [0.3, 0.4) is 0 Å². The molecule has 0 spiro atoms. The van der Waals surface area contributed by atoms with Crippen LogP contribution in [0.1, 0.15) is 57.2 Å². The van der Waals surface area contributed by atoms with E-state index in [0.29, 0.717) is 12.6 Å². The third kappa shape index (κ3) is 2.41. The Balaban J connectivity index is 1.95. The Bertz CT molecular complexity index is 483. The number of piperidine rings is 1. The normalized spacial score (nSPS) is 25.4. The van der Waals surface area contributed by atoms with E-state index >= 15 is 0 Å². The highest BCUT2D eigenvalue weighted by molar-refractivity contribution is 5.38. The molecule has 1 atom stereocenters. The van der Waals surface area contributed by atoms with Crippen LogP contribution in [0.25, 0.3) is 0 Å². The summed E-state index contributed by atoms with van der Waals surface area (Å²) in [7, 11) is 0. The van der Waals surface area contributed by atoms with E-state index in [1.165, 1.54) is 43.4 Å². The van der Waals surface area contributed by atoms with E-state index in [-0.39, 0.29) is 5.41 Å². The minimum absolute atomic E-state index is 0.180. The van der Waals surface area contributed by atoms with Crippen LogP contribution in [0.5, 0.6) is 0 Å². The second kappa shape index (κ2) is 5.32. The summed E-state index contributed by atoms with van der Waals surface area (Å²) in [6.45, 7) is 6.35. The van der Waals surface area contributed by atoms with Crippen molar-refractivity contribution >= 4 is 5.95 Å². The van der Waals surface area contributed by atoms with E-state index in [0.717, 1.165) is 18.9 Å². The number of anilines is 1. The smallest absolute Gasteiger partial charge is 0.225 e. The number of rotatable bonds is 2. The number of hydrogen-bond acceptors (Lipinski definition) is 4. The lowest BCUT2D eigenvalue weighted by Gasteiger charge is -2.37. The maximum atomic E-state index is 5.92. The first-order chi connectivity index (χ1) is 9.62. The van der Waals surface area contributed by atoms with Crippen LogP contribution in [0.15, 0.2) is 6.20 Å². The van der Waals surface area contributed by atoms with Gasteiger partial charge >= 0.3 is 0 Å². The molecule has 2 heterocycles. The van der Waals surface area contributed by atoms with Gasteiger partial charge in [-0.05, 0) is 44.1 Å². The van der Waals surface area contributed by atoms with Crippen LogP contribution in [0.4, 0.5) is 5.95 Å². The summed E-state index contributed by atoms with van der Waals surface area (Å²) in [5.74, 6) is 0.897. The van der Waals surface area contributed by atoms with E-state index in [1.807, 2.05) is 0 Å². The standard InChI is InChI=1S/C16H26N4/c1-16(2)8-5-6-12-11-18-15(19-14(12)16)20-9-4-3-7-13(20)10-17/h11,13H,3-10,17H2,1-2H3. The topological polar surface area (TPSA) is 55.0 Å². The predicted octanol–water partition coefficient (Wildman–Crippen LogP) is 2.41. The zero-order valence-electron chi connectivity index (χ0n) is 12.7. The van der Waals surface area contributed by atoms with Gasteiger partial charge in [-0.1, -0.05) is 13.8 Å². The number of hydrogen-bond donors (Lipinski definition) is 1. The van der Waals surface area contributed by atoms with Crippen LogP contribution in [-0.4, -0.2) is 29.1 Å².